The van der Waals surface area contributed by atoms with Gasteiger partial charge in [0.25, 0.3) is 0 Å². The summed E-state index contributed by atoms with van der Waals surface area (Å²) in [6.07, 6.45) is 2.82. The number of hydrogen-bond acceptors (Lipinski definition) is 3. The topological polar surface area (TPSA) is 35.5 Å². The number of ether oxygens (including phenoxy) is 2. The molecule has 0 spiro atoms. The van der Waals surface area contributed by atoms with Crippen molar-refractivity contribution in [1.82, 2.24) is 0 Å². The molecule has 19 heavy (non-hydrogen) atoms. The van der Waals surface area contributed by atoms with E-state index in [1.807, 2.05) is 37.3 Å². The Hall–Kier alpha value is -1.61. The van der Waals surface area contributed by atoms with Gasteiger partial charge in [-0.15, -0.1) is 0 Å². The van der Waals surface area contributed by atoms with Gasteiger partial charge < -0.3 is 9.47 Å². The SMILES string of the molecule is CCOC1CCCC2=C(c3ccccc3)C(=O)O[C@H]21. The molecule has 0 bridgehead atoms. The first-order valence-corrected chi connectivity index (χ1v) is 6.92. The summed E-state index contributed by atoms with van der Waals surface area (Å²) >= 11 is 0. The lowest BCUT2D eigenvalue weighted by Crippen LogP contribution is -2.34. The highest BCUT2D eigenvalue weighted by atomic mass is 16.6. The van der Waals surface area contributed by atoms with Crippen LogP contribution in [0.3, 0.4) is 0 Å². The molecule has 0 saturated heterocycles. The zero-order chi connectivity index (χ0) is 13.2. The number of esters is 1. The fourth-order valence-electron chi connectivity index (χ4n) is 3.02. The van der Waals surface area contributed by atoms with Crippen molar-refractivity contribution in [2.24, 2.45) is 0 Å². The maximum absolute atomic E-state index is 12.2. The zero-order valence-electron chi connectivity index (χ0n) is 11.1. The third-order valence-electron chi connectivity index (χ3n) is 3.82. The summed E-state index contributed by atoms with van der Waals surface area (Å²) in [6, 6.07) is 9.79. The second-order valence-corrected chi connectivity index (χ2v) is 4.98. The summed E-state index contributed by atoms with van der Waals surface area (Å²) in [5.41, 5.74) is 2.85. The normalized spacial score (nSPS) is 26.3. The molecule has 3 nitrogen and oxygen atoms in total. The van der Waals surface area contributed by atoms with E-state index in [0.717, 1.165) is 36.0 Å². The van der Waals surface area contributed by atoms with E-state index >= 15 is 0 Å². The van der Waals surface area contributed by atoms with E-state index in [-0.39, 0.29) is 18.2 Å². The van der Waals surface area contributed by atoms with Gasteiger partial charge in [-0.2, -0.15) is 0 Å². The molecule has 1 fully saturated rings. The Morgan fingerprint density at radius 3 is 2.84 bits per heavy atom. The van der Waals surface area contributed by atoms with Crippen molar-refractivity contribution in [2.45, 2.75) is 38.4 Å². The van der Waals surface area contributed by atoms with Crippen LogP contribution in [0.5, 0.6) is 0 Å². The van der Waals surface area contributed by atoms with Crippen LogP contribution >= 0.6 is 0 Å². The van der Waals surface area contributed by atoms with Crippen molar-refractivity contribution < 1.29 is 14.3 Å². The van der Waals surface area contributed by atoms with Gasteiger partial charge >= 0.3 is 5.97 Å². The van der Waals surface area contributed by atoms with E-state index in [2.05, 4.69) is 0 Å². The second kappa shape index (κ2) is 5.17. The highest BCUT2D eigenvalue weighted by Crippen LogP contribution is 2.40. The fraction of sp³-hybridized carbons (Fsp3) is 0.438. The number of benzene rings is 1. The number of hydrogen-bond donors (Lipinski definition) is 0. The Labute approximate surface area is 113 Å². The Morgan fingerprint density at radius 1 is 1.32 bits per heavy atom. The summed E-state index contributed by atoms with van der Waals surface area (Å²) in [5.74, 6) is -0.196. The molecule has 100 valence electrons. The van der Waals surface area contributed by atoms with Crippen LogP contribution in [-0.2, 0) is 14.3 Å². The van der Waals surface area contributed by atoms with Crippen molar-refractivity contribution in [2.75, 3.05) is 6.61 Å². The standard InChI is InChI=1S/C16H18O3/c1-2-18-13-10-6-9-12-14(16(17)19-15(12)13)11-7-4-3-5-8-11/h3-5,7-8,13,15H,2,6,9-10H2,1H3/t13?,15-/m1/s1. The average Bonchev–Trinajstić information content (AvgIpc) is 2.77. The molecule has 1 aliphatic heterocycles. The Morgan fingerprint density at radius 2 is 2.11 bits per heavy atom. The molecule has 1 unspecified atom stereocenters. The minimum Gasteiger partial charge on any atom is -0.451 e. The van der Waals surface area contributed by atoms with Crippen LogP contribution in [0, 0.1) is 0 Å². The third-order valence-corrected chi connectivity index (χ3v) is 3.82. The van der Waals surface area contributed by atoms with Gasteiger partial charge in [0.1, 0.15) is 0 Å². The molecule has 0 N–H and O–H groups in total. The van der Waals surface area contributed by atoms with Gasteiger partial charge in [0.05, 0.1) is 11.7 Å². The predicted octanol–water partition coefficient (Wildman–Crippen LogP) is 2.95. The molecular formula is C16H18O3. The Kier molecular flexibility index (Phi) is 3.38. The van der Waals surface area contributed by atoms with E-state index in [1.54, 1.807) is 0 Å². The van der Waals surface area contributed by atoms with E-state index in [9.17, 15) is 4.79 Å². The zero-order valence-corrected chi connectivity index (χ0v) is 11.1. The van der Waals surface area contributed by atoms with Gasteiger partial charge in [0, 0.05) is 6.61 Å². The lowest BCUT2D eigenvalue weighted by atomic mass is 9.86. The summed E-state index contributed by atoms with van der Waals surface area (Å²) in [6.45, 7) is 2.64. The smallest absolute Gasteiger partial charge is 0.339 e. The van der Waals surface area contributed by atoms with E-state index < -0.39 is 0 Å². The van der Waals surface area contributed by atoms with Crippen molar-refractivity contribution >= 4 is 11.5 Å². The molecule has 0 amide bonds. The van der Waals surface area contributed by atoms with Gasteiger partial charge in [0.15, 0.2) is 6.10 Å². The molecule has 0 radical (unpaired) electrons. The molecule has 1 aromatic rings. The van der Waals surface area contributed by atoms with Crippen LogP contribution in [0.4, 0.5) is 0 Å². The monoisotopic (exact) mass is 258 g/mol. The van der Waals surface area contributed by atoms with E-state index in [1.165, 1.54) is 0 Å². The lowest BCUT2D eigenvalue weighted by Gasteiger charge is -2.29. The van der Waals surface area contributed by atoms with Crippen molar-refractivity contribution in [3.05, 3.63) is 41.5 Å². The quantitative estimate of drug-likeness (QED) is 0.782. The van der Waals surface area contributed by atoms with Crippen molar-refractivity contribution in [3.63, 3.8) is 0 Å². The number of carbonyl (C=O) groups excluding carboxylic acids is 1. The molecule has 1 heterocycles. The molecule has 0 aromatic heterocycles. The second-order valence-electron chi connectivity index (χ2n) is 4.98. The largest absolute Gasteiger partial charge is 0.451 e. The first-order valence-electron chi connectivity index (χ1n) is 6.92. The summed E-state index contributed by atoms with van der Waals surface area (Å²) in [4.78, 5) is 12.2. The number of rotatable bonds is 3. The maximum Gasteiger partial charge on any atom is 0.339 e. The van der Waals surface area contributed by atoms with Gasteiger partial charge in [-0.25, -0.2) is 4.79 Å². The number of carbonyl (C=O) groups is 1. The minimum atomic E-state index is -0.196. The molecule has 1 saturated carbocycles. The Balaban J connectivity index is 1.98. The predicted molar refractivity (Wildman–Crippen MR) is 72.5 cm³/mol. The van der Waals surface area contributed by atoms with Crippen molar-refractivity contribution in [1.29, 1.82) is 0 Å². The molecule has 3 rings (SSSR count). The lowest BCUT2D eigenvalue weighted by molar-refractivity contribution is -0.145. The van der Waals surface area contributed by atoms with Gasteiger partial charge in [-0.05, 0) is 37.3 Å². The van der Waals surface area contributed by atoms with E-state index in [4.69, 9.17) is 9.47 Å². The highest BCUT2D eigenvalue weighted by Gasteiger charge is 2.41. The average molecular weight is 258 g/mol. The molecule has 2 aliphatic rings. The third kappa shape index (κ3) is 2.19. The summed E-state index contributed by atoms with van der Waals surface area (Å²) in [7, 11) is 0. The molecule has 1 aromatic carbocycles. The molecule has 2 atom stereocenters. The molecule has 1 aliphatic carbocycles. The van der Waals surface area contributed by atoms with Crippen LogP contribution in [0.15, 0.2) is 35.9 Å². The molecule has 3 heteroatoms. The number of fused-ring (bicyclic) bond motifs is 1. The highest BCUT2D eigenvalue weighted by molar-refractivity contribution is 6.19. The van der Waals surface area contributed by atoms with Crippen LogP contribution < -0.4 is 0 Å². The first kappa shape index (κ1) is 12.4. The van der Waals surface area contributed by atoms with Gasteiger partial charge in [-0.1, -0.05) is 30.3 Å². The molecular weight excluding hydrogens is 240 g/mol. The van der Waals surface area contributed by atoms with Crippen LogP contribution in [0.2, 0.25) is 0 Å². The minimum absolute atomic E-state index is 0.0268. The van der Waals surface area contributed by atoms with Crippen LogP contribution in [0.1, 0.15) is 31.7 Å². The fourth-order valence-corrected chi connectivity index (χ4v) is 3.02. The maximum atomic E-state index is 12.2. The van der Waals surface area contributed by atoms with Crippen LogP contribution in [0.25, 0.3) is 5.57 Å². The van der Waals surface area contributed by atoms with E-state index in [0.29, 0.717) is 6.61 Å². The van der Waals surface area contributed by atoms with Crippen molar-refractivity contribution in [3.8, 4) is 0 Å². The van der Waals surface area contributed by atoms with Gasteiger partial charge in [0.2, 0.25) is 0 Å². The first-order chi connectivity index (χ1) is 9.31. The Bertz CT molecular complexity index is 502. The van der Waals surface area contributed by atoms with Gasteiger partial charge in [-0.3, -0.25) is 0 Å². The van der Waals surface area contributed by atoms with Crippen LogP contribution in [-0.4, -0.2) is 24.8 Å². The summed E-state index contributed by atoms with van der Waals surface area (Å²) < 4.78 is 11.3. The summed E-state index contributed by atoms with van der Waals surface area (Å²) in [5, 5.41) is 0.